The fraction of sp³-hybridized carbons (Fsp3) is 0.360. The van der Waals surface area contributed by atoms with Crippen molar-refractivity contribution in [3.05, 3.63) is 77.2 Å². The molecule has 1 atom stereocenters. The van der Waals surface area contributed by atoms with Crippen molar-refractivity contribution >= 4 is 5.91 Å². The molecule has 154 valence electrons. The van der Waals surface area contributed by atoms with Crippen LogP contribution in [-0.4, -0.2) is 39.8 Å². The number of aromatic nitrogens is 1. The number of carbonyl (C=O) groups excluding carboxylic acids is 1. The molecule has 1 aromatic heterocycles. The Labute approximate surface area is 177 Å². The highest BCUT2D eigenvalue weighted by atomic mass is 16.3. The van der Waals surface area contributed by atoms with Gasteiger partial charge in [-0.2, -0.15) is 0 Å². The Morgan fingerprint density at radius 2 is 1.80 bits per heavy atom. The quantitative estimate of drug-likeness (QED) is 0.657. The molecule has 3 aromatic rings. The van der Waals surface area contributed by atoms with Gasteiger partial charge in [-0.1, -0.05) is 42.0 Å². The molecule has 5 rings (SSSR count). The number of rotatable bonds is 4. The Bertz CT molecular complexity index is 1030. The van der Waals surface area contributed by atoms with Crippen LogP contribution in [0.3, 0.4) is 0 Å². The number of benzene rings is 2. The van der Waals surface area contributed by atoms with Crippen molar-refractivity contribution in [2.24, 2.45) is 0 Å². The molecule has 1 amide bonds. The number of likely N-dealkylation sites (tertiary alicyclic amines) is 1. The van der Waals surface area contributed by atoms with Crippen LogP contribution in [0.15, 0.2) is 59.2 Å². The molecule has 0 aliphatic carbocycles. The first-order valence-corrected chi connectivity index (χ1v) is 10.8. The zero-order valence-corrected chi connectivity index (χ0v) is 17.4. The van der Waals surface area contributed by atoms with E-state index in [2.05, 4.69) is 48.2 Å². The van der Waals surface area contributed by atoms with E-state index in [0.717, 1.165) is 50.2 Å². The number of amides is 1. The van der Waals surface area contributed by atoms with Crippen molar-refractivity contribution in [1.82, 2.24) is 14.8 Å². The van der Waals surface area contributed by atoms with Crippen LogP contribution in [0.4, 0.5) is 0 Å². The van der Waals surface area contributed by atoms with Gasteiger partial charge in [-0.25, -0.2) is 4.98 Å². The van der Waals surface area contributed by atoms with E-state index < -0.39 is 0 Å². The Hall–Kier alpha value is -2.92. The number of nitrogens with zero attached hydrogens (tertiary/aromatic N) is 3. The molecule has 0 radical (unpaired) electrons. The van der Waals surface area contributed by atoms with Crippen molar-refractivity contribution in [1.29, 1.82) is 0 Å². The highest BCUT2D eigenvalue weighted by Crippen LogP contribution is 2.28. The van der Waals surface area contributed by atoms with E-state index in [0.29, 0.717) is 12.4 Å². The van der Waals surface area contributed by atoms with Gasteiger partial charge in [0.05, 0.1) is 11.7 Å². The van der Waals surface area contributed by atoms with Crippen LogP contribution in [0.2, 0.25) is 0 Å². The Balaban J connectivity index is 1.39. The molecule has 2 aromatic carbocycles. The summed E-state index contributed by atoms with van der Waals surface area (Å²) in [5, 5.41) is 0. The van der Waals surface area contributed by atoms with E-state index in [4.69, 9.17) is 9.40 Å². The van der Waals surface area contributed by atoms with Crippen LogP contribution in [0.5, 0.6) is 0 Å². The van der Waals surface area contributed by atoms with Gasteiger partial charge in [0.2, 0.25) is 11.8 Å². The number of oxazole rings is 1. The maximum Gasteiger partial charge on any atom is 0.240 e. The minimum atomic E-state index is -0.141. The molecule has 2 aliphatic rings. The minimum absolute atomic E-state index is 0.141. The summed E-state index contributed by atoms with van der Waals surface area (Å²) in [6.07, 6.45) is 4.71. The molecule has 0 bridgehead atoms. The maximum absolute atomic E-state index is 13.3. The fourth-order valence-corrected chi connectivity index (χ4v) is 4.55. The summed E-state index contributed by atoms with van der Waals surface area (Å²) in [6, 6.07) is 16.5. The summed E-state index contributed by atoms with van der Waals surface area (Å²) in [4.78, 5) is 22.3. The van der Waals surface area contributed by atoms with E-state index in [1.807, 2.05) is 17.0 Å². The molecule has 30 heavy (non-hydrogen) atoms. The lowest BCUT2D eigenvalue weighted by Gasteiger charge is -2.37. The molecule has 1 unspecified atom stereocenters. The summed E-state index contributed by atoms with van der Waals surface area (Å²) in [5.41, 5.74) is 5.63. The standard InChI is InChI=1S/C25H27N3O2/c1-18-8-10-19(11-9-18)24-26-22(17-30-24)16-28-15-21-7-3-2-6-20(21)14-23(28)25(29)27-12-4-5-13-27/h2-3,6-11,17,23H,4-5,12-16H2,1H3. The van der Waals surface area contributed by atoms with Crippen molar-refractivity contribution in [2.75, 3.05) is 13.1 Å². The Morgan fingerprint density at radius 1 is 1.07 bits per heavy atom. The molecule has 2 aliphatic heterocycles. The van der Waals surface area contributed by atoms with Crippen molar-refractivity contribution in [2.45, 2.75) is 45.3 Å². The van der Waals surface area contributed by atoms with Gasteiger partial charge in [-0.15, -0.1) is 0 Å². The van der Waals surface area contributed by atoms with E-state index in [9.17, 15) is 4.79 Å². The molecule has 5 heteroatoms. The van der Waals surface area contributed by atoms with Crippen LogP contribution in [0.25, 0.3) is 11.5 Å². The summed E-state index contributed by atoms with van der Waals surface area (Å²) < 4.78 is 5.76. The van der Waals surface area contributed by atoms with Crippen molar-refractivity contribution in [3.63, 3.8) is 0 Å². The van der Waals surface area contributed by atoms with Gasteiger partial charge in [0, 0.05) is 31.7 Å². The average molecular weight is 402 g/mol. The molecular formula is C25H27N3O2. The van der Waals surface area contributed by atoms with E-state index in [1.165, 1.54) is 16.7 Å². The van der Waals surface area contributed by atoms with Gasteiger partial charge in [0.1, 0.15) is 6.26 Å². The lowest BCUT2D eigenvalue weighted by Crippen LogP contribution is -2.50. The van der Waals surface area contributed by atoms with Gasteiger partial charge in [-0.3, -0.25) is 9.69 Å². The van der Waals surface area contributed by atoms with Crippen LogP contribution in [0, 0.1) is 6.92 Å². The third-order valence-electron chi connectivity index (χ3n) is 6.26. The lowest BCUT2D eigenvalue weighted by atomic mass is 9.93. The first-order valence-electron chi connectivity index (χ1n) is 10.8. The smallest absolute Gasteiger partial charge is 0.240 e. The zero-order valence-electron chi connectivity index (χ0n) is 17.4. The monoisotopic (exact) mass is 401 g/mol. The van der Waals surface area contributed by atoms with Crippen molar-refractivity contribution < 1.29 is 9.21 Å². The second kappa shape index (κ2) is 8.07. The average Bonchev–Trinajstić information content (AvgIpc) is 3.46. The van der Waals surface area contributed by atoms with Crippen LogP contribution < -0.4 is 0 Å². The highest BCUT2D eigenvalue weighted by Gasteiger charge is 2.35. The topological polar surface area (TPSA) is 49.6 Å². The minimum Gasteiger partial charge on any atom is -0.444 e. The van der Waals surface area contributed by atoms with Gasteiger partial charge < -0.3 is 9.32 Å². The summed E-state index contributed by atoms with van der Waals surface area (Å²) in [6.45, 7) is 5.19. The second-order valence-corrected chi connectivity index (χ2v) is 8.44. The van der Waals surface area contributed by atoms with Gasteiger partial charge >= 0.3 is 0 Å². The number of fused-ring (bicyclic) bond motifs is 1. The maximum atomic E-state index is 13.3. The number of aryl methyl sites for hydroxylation is 1. The highest BCUT2D eigenvalue weighted by molar-refractivity contribution is 5.83. The molecule has 5 nitrogen and oxygen atoms in total. The molecular weight excluding hydrogens is 374 g/mol. The van der Waals surface area contributed by atoms with Gasteiger partial charge in [0.25, 0.3) is 0 Å². The van der Waals surface area contributed by atoms with E-state index in [-0.39, 0.29) is 11.9 Å². The molecule has 1 fully saturated rings. The predicted molar refractivity (Wildman–Crippen MR) is 116 cm³/mol. The normalized spacial score (nSPS) is 19.1. The zero-order chi connectivity index (χ0) is 20.5. The molecule has 0 N–H and O–H groups in total. The fourth-order valence-electron chi connectivity index (χ4n) is 4.55. The lowest BCUT2D eigenvalue weighted by molar-refractivity contribution is -0.136. The number of hydrogen-bond donors (Lipinski definition) is 0. The summed E-state index contributed by atoms with van der Waals surface area (Å²) in [7, 11) is 0. The van der Waals surface area contributed by atoms with Crippen LogP contribution >= 0.6 is 0 Å². The van der Waals surface area contributed by atoms with Gasteiger partial charge in [-0.05, 0) is 49.4 Å². The summed E-state index contributed by atoms with van der Waals surface area (Å²) >= 11 is 0. The second-order valence-electron chi connectivity index (χ2n) is 8.44. The first-order chi connectivity index (χ1) is 14.7. The van der Waals surface area contributed by atoms with Gasteiger partial charge in [0.15, 0.2) is 0 Å². The predicted octanol–water partition coefficient (Wildman–Crippen LogP) is 4.20. The Kier molecular flexibility index (Phi) is 5.13. The SMILES string of the molecule is Cc1ccc(-c2nc(CN3Cc4ccccc4CC3C(=O)N3CCCC3)co2)cc1. The third kappa shape index (κ3) is 3.77. The molecule has 0 saturated carbocycles. The first kappa shape index (κ1) is 19.1. The van der Waals surface area contributed by atoms with Crippen molar-refractivity contribution in [3.8, 4) is 11.5 Å². The molecule has 3 heterocycles. The largest absolute Gasteiger partial charge is 0.444 e. The Morgan fingerprint density at radius 3 is 2.57 bits per heavy atom. The third-order valence-corrected chi connectivity index (χ3v) is 6.26. The number of hydrogen-bond acceptors (Lipinski definition) is 4. The number of carbonyl (C=O) groups is 1. The van der Waals surface area contributed by atoms with Crippen LogP contribution in [-0.2, 0) is 24.3 Å². The van der Waals surface area contributed by atoms with E-state index in [1.54, 1.807) is 6.26 Å². The summed E-state index contributed by atoms with van der Waals surface area (Å²) in [5.74, 6) is 0.883. The van der Waals surface area contributed by atoms with E-state index >= 15 is 0 Å². The molecule has 0 spiro atoms. The van der Waals surface area contributed by atoms with Crippen LogP contribution in [0.1, 0.15) is 35.2 Å². The molecule has 1 saturated heterocycles.